The van der Waals surface area contributed by atoms with Crippen LogP contribution in [0.15, 0.2) is 24.3 Å². The van der Waals surface area contributed by atoms with E-state index in [1.807, 2.05) is 5.32 Å². The van der Waals surface area contributed by atoms with Gasteiger partial charge in [0.15, 0.2) is 0 Å². The summed E-state index contributed by atoms with van der Waals surface area (Å²) in [6, 6.07) is 0.780. The van der Waals surface area contributed by atoms with Crippen LogP contribution in [0.2, 0.25) is 0 Å². The lowest BCUT2D eigenvalue weighted by molar-refractivity contribution is -0.362. The van der Waals surface area contributed by atoms with Crippen LogP contribution in [0.25, 0.3) is 0 Å². The molecule has 1 fully saturated rings. The van der Waals surface area contributed by atoms with E-state index in [1.165, 1.54) is 38.1 Å². The summed E-state index contributed by atoms with van der Waals surface area (Å²) in [5, 5.41) is 35.0. The van der Waals surface area contributed by atoms with Crippen molar-refractivity contribution in [1.82, 2.24) is 20.9 Å². The normalized spacial score (nSPS) is 17.2. The van der Waals surface area contributed by atoms with Gasteiger partial charge in [-0.3, -0.25) is 24.0 Å². The van der Waals surface area contributed by atoms with Gasteiger partial charge in [0.1, 0.15) is 18.6 Å². The quantitative estimate of drug-likeness (QED) is 0.203. The van der Waals surface area contributed by atoms with E-state index in [2.05, 4.69) is 10.6 Å². The number of aliphatic carboxylic acids is 1. The molecule has 0 aromatic heterocycles. The molecule has 0 bridgehead atoms. The van der Waals surface area contributed by atoms with E-state index in [1.54, 1.807) is 13.8 Å². The Hall–Kier alpha value is -3.72. The molecule has 1 aliphatic rings. The number of carboxylic acids is 1. The number of halogens is 3. The topological polar surface area (TPSA) is 185 Å². The number of carboxylic acid groups (broad SMARTS) is 1. The summed E-state index contributed by atoms with van der Waals surface area (Å²) < 4.78 is 39.8. The summed E-state index contributed by atoms with van der Waals surface area (Å²) in [7, 11) is 0. The Morgan fingerprint density at radius 3 is 1.93 bits per heavy atom. The highest BCUT2D eigenvalue weighted by Gasteiger charge is 2.59. The molecule has 0 spiro atoms. The number of alkyl halides is 3. The molecule has 1 aliphatic heterocycles. The average Bonchev–Trinajstić information content (AvgIpc) is 3.37. The fraction of sp³-hybridized carbons (Fsp3) is 0.577. The maximum atomic E-state index is 13.5. The van der Waals surface area contributed by atoms with Crippen LogP contribution < -0.4 is 16.0 Å². The number of hydrogen-bond acceptors (Lipinski definition) is 7. The molecule has 1 saturated heterocycles. The van der Waals surface area contributed by atoms with Crippen molar-refractivity contribution in [1.29, 1.82) is 0 Å². The molecule has 0 unspecified atom stereocenters. The van der Waals surface area contributed by atoms with Gasteiger partial charge in [-0.05, 0) is 48.9 Å². The average molecular weight is 589 g/mol. The first-order chi connectivity index (χ1) is 18.9. The van der Waals surface area contributed by atoms with E-state index < -0.39 is 78.1 Å². The Morgan fingerprint density at radius 1 is 0.927 bits per heavy atom. The molecule has 2 rings (SSSR count). The number of carbonyl (C=O) groups is 5. The number of carbonyl (C=O) groups excluding carboxylic acids is 4. The first kappa shape index (κ1) is 33.5. The Bertz CT molecular complexity index is 1140. The summed E-state index contributed by atoms with van der Waals surface area (Å²) in [5.41, 5.74) is 0.188. The molecule has 1 aromatic rings. The van der Waals surface area contributed by atoms with E-state index in [0.29, 0.717) is 6.42 Å². The summed E-state index contributed by atoms with van der Waals surface area (Å²) in [5.74, 6) is -9.90. The van der Waals surface area contributed by atoms with Crippen LogP contribution in [-0.4, -0.2) is 93.0 Å². The molecule has 1 aromatic carbocycles. The Kier molecular flexibility index (Phi) is 10.9. The fourth-order valence-electron chi connectivity index (χ4n) is 4.41. The van der Waals surface area contributed by atoms with Crippen LogP contribution in [0.3, 0.4) is 0 Å². The monoisotopic (exact) mass is 588 g/mol. The smallest absolute Gasteiger partial charge is 0.445 e. The number of likely N-dealkylation sites (tertiary alicyclic amines) is 1. The molecular weight excluding hydrogens is 553 g/mol. The lowest BCUT2D eigenvalue weighted by Gasteiger charge is -2.37. The van der Waals surface area contributed by atoms with Crippen molar-refractivity contribution in [2.45, 2.75) is 70.6 Å². The van der Waals surface area contributed by atoms with Gasteiger partial charge in [-0.15, -0.1) is 0 Å². The van der Waals surface area contributed by atoms with Crippen molar-refractivity contribution in [3.05, 3.63) is 35.4 Å². The van der Waals surface area contributed by atoms with Gasteiger partial charge in [0.2, 0.25) is 11.8 Å². The summed E-state index contributed by atoms with van der Waals surface area (Å²) in [4.78, 5) is 63.1. The molecule has 228 valence electrons. The van der Waals surface area contributed by atoms with Crippen molar-refractivity contribution >= 4 is 29.6 Å². The molecular formula is C26H35F3N4O8. The van der Waals surface area contributed by atoms with Gasteiger partial charge in [-0.2, -0.15) is 13.2 Å². The van der Waals surface area contributed by atoms with E-state index >= 15 is 0 Å². The van der Waals surface area contributed by atoms with E-state index in [-0.39, 0.29) is 24.1 Å². The van der Waals surface area contributed by atoms with Crippen LogP contribution in [-0.2, 0) is 14.4 Å². The van der Waals surface area contributed by atoms with Crippen LogP contribution in [0.4, 0.5) is 13.2 Å². The zero-order valence-electron chi connectivity index (χ0n) is 23.0. The van der Waals surface area contributed by atoms with Gasteiger partial charge in [0, 0.05) is 17.7 Å². The molecule has 15 heteroatoms. The molecule has 3 atom stereocenters. The molecule has 0 radical (unpaired) electrons. The highest BCUT2D eigenvalue weighted by molar-refractivity contribution is 6.00. The third kappa shape index (κ3) is 8.16. The standard InChI is InChI=1S/C26H35F3N4O8/c1-13(2)19(31-22(37)16-9-7-15(8-10-16)21(36)30-12-18(34)35)24(39)33-11-5-6-17(33)23(38)32-20(14(3)4)25(40,41)26(27,28)29/h7-10,13-14,17,19-20,40-41H,5-6,11-12H2,1-4H3,(H,30,36)(H,31,37)(H,32,38)(H,34,35)/t17-,19-,20-/m0/s1. The molecule has 12 nitrogen and oxygen atoms in total. The maximum Gasteiger partial charge on any atom is 0.445 e. The van der Waals surface area contributed by atoms with Gasteiger partial charge < -0.3 is 36.2 Å². The van der Waals surface area contributed by atoms with Crippen LogP contribution in [0, 0.1) is 11.8 Å². The number of nitrogens with one attached hydrogen (secondary N) is 3. The highest BCUT2D eigenvalue weighted by atomic mass is 19.4. The first-order valence-corrected chi connectivity index (χ1v) is 12.9. The number of rotatable bonds is 11. The zero-order valence-corrected chi connectivity index (χ0v) is 23.0. The van der Waals surface area contributed by atoms with E-state index in [4.69, 9.17) is 5.11 Å². The molecule has 0 saturated carbocycles. The third-order valence-corrected chi connectivity index (χ3v) is 6.68. The lowest BCUT2D eigenvalue weighted by Crippen LogP contribution is -2.65. The number of hydrogen-bond donors (Lipinski definition) is 6. The predicted octanol–water partition coefficient (Wildman–Crippen LogP) is 0.630. The zero-order chi connectivity index (χ0) is 31.3. The Morgan fingerprint density at radius 2 is 1.46 bits per heavy atom. The minimum Gasteiger partial charge on any atom is -0.480 e. The van der Waals surface area contributed by atoms with Crippen LogP contribution in [0.5, 0.6) is 0 Å². The maximum absolute atomic E-state index is 13.5. The molecule has 4 amide bonds. The van der Waals surface area contributed by atoms with E-state index in [9.17, 15) is 47.4 Å². The lowest BCUT2D eigenvalue weighted by atomic mass is 9.94. The van der Waals surface area contributed by atoms with Gasteiger partial charge >= 0.3 is 12.1 Å². The third-order valence-electron chi connectivity index (χ3n) is 6.68. The van der Waals surface area contributed by atoms with Gasteiger partial charge in [-0.25, -0.2) is 0 Å². The second-order valence-corrected chi connectivity index (χ2v) is 10.5. The summed E-state index contributed by atoms with van der Waals surface area (Å²) in [6.07, 6.45) is -4.99. The summed E-state index contributed by atoms with van der Waals surface area (Å²) >= 11 is 0. The van der Waals surface area contributed by atoms with Crippen LogP contribution >= 0.6 is 0 Å². The van der Waals surface area contributed by atoms with Crippen molar-refractivity contribution in [3.63, 3.8) is 0 Å². The Balaban J connectivity index is 2.17. The van der Waals surface area contributed by atoms with Crippen molar-refractivity contribution in [3.8, 4) is 0 Å². The number of aliphatic hydroxyl groups is 2. The van der Waals surface area contributed by atoms with Crippen molar-refractivity contribution in [2.75, 3.05) is 13.1 Å². The second-order valence-electron chi connectivity index (χ2n) is 10.5. The summed E-state index contributed by atoms with van der Waals surface area (Å²) in [6.45, 7) is 5.34. The Labute approximate surface area is 234 Å². The predicted molar refractivity (Wildman–Crippen MR) is 137 cm³/mol. The van der Waals surface area contributed by atoms with Gasteiger partial charge in [0.05, 0.1) is 6.04 Å². The minimum absolute atomic E-state index is 0.0862. The molecule has 1 heterocycles. The highest BCUT2D eigenvalue weighted by Crippen LogP contribution is 2.34. The fourth-order valence-corrected chi connectivity index (χ4v) is 4.41. The minimum atomic E-state index is -5.45. The molecule has 41 heavy (non-hydrogen) atoms. The SMILES string of the molecule is CC(C)[C@H](NC(=O)c1ccc(C(=O)NCC(=O)O)cc1)C(=O)N1CCC[C@H]1C(=O)N[C@@H](C(C)C)C(O)(O)C(F)(F)F. The largest absolute Gasteiger partial charge is 0.480 e. The molecule has 6 N–H and O–H groups in total. The van der Waals surface area contributed by atoms with Crippen molar-refractivity contribution < 1.29 is 52.5 Å². The van der Waals surface area contributed by atoms with Gasteiger partial charge in [-0.1, -0.05) is 27.7 Å². The molecule has 0 aliphatic carbocycles. The van der Waals surface area contributed by atoms with Crippen LogP contribution in [0.1, 0.15) is 61.3 Å². The second kappa shape index (κ2) is 13.3. The van der Waals surface area contributed by atoms with Gasteiger partial charge in [0.25, 0.3) is 17.6 Å². The number of nitrogens with zero attached hydrogens (tertiary/aromatic N) is 1. The van der Waals surface area contributed by atoms with Crippen molar-refractivity contribution in [2.24, 2.45) is 11.8 Å². The van der Waals surface area contributed by atoms with E-state index in [0.717, 1.165) is 4.90 Å². The number of amides is 4. The number of benzene rings is 1. The first-order valence-electron chi connectivity index (χ1n) is 12.9.